The Balaban J connectivity index is 2.32. The molecule has 1 aromatic carbocycles. The number of hydrogen-bond acceptors (Lipinski definition) is 2. The molecule has 1 aliphatic rings. The first-order valence-electron chi connectivity index (χ1n) is 4.99. The lowest BCUT2D eigenvalue weighted by Gasteiger charge is -2.26. The van der Waals surface area contributed by atoms with Gasteiger partial charge in [-0.3, -0.25) is 0 Å². The average molecular weight is 255 g/mol. The van der Waals surface area contributed by atoms with E-state index in [4.69, 9.17) is 0 Å². The van der Waals surface area contributed by atoms with Crippen molar-refractivity contribution in [3.8, 4) is 0 Å². The van der Waals surface area contributed by atoms with E-state index in [-0.39, 0.29) is 0 Å². The molecule has 1 heterocycles. The third-order valence-corrected chi connectivity index (χ3v) is 3.21. The van der Waals surface area contributed by atoms with Crippen LogP contribution >= 0.6 is 15.9 Å². The zero-order valence-electron chi connectivity index (χ0n) is 8.31. The lowest BCUT2D eigenvalue weighted by molar-refractivity contribution is 0.586. The summed E-state index contributed by atoms with van der Waals surface area (Å²) in [4.78, 5) is 0. The molecule has 2 N–H and O–H groups in total. The van der Waals surface area contributed by atoms with Crippen molar-refractivity contribution in [3.05, 3.63) is 28.2 Å². The van der Waals surface area contributed by atoms with E-state index < -0.39 is 0 Å². The van der Waals surface area contributed by atoms with Crippen molar-refractivity contribution in [2.45, 2.75) is 12.3 Å². The van der Waals surface area contributed by atoms with Crippen molar-refractivity contribution in [3.63, 3.8) is 0 Å². The van der Waals surface area contributed by atoms with Gasteiger partial charge in [-0.2, -0.15) is 0 Å². The number of hydrogen-bond donors (Lipinski definition) is 2. The van der Waals surface area contributed by atoms with E-state index in [1.807, 2.05) is 7.05 Å². The van der Waals surface area contributed by atoms with Crippen LogP contribution in [-0.2, 0) is 0 Å². The van der Waals surface area contributed by atoms with Crippen LogP contribution in [0.4, 0.5) is 5.69 Å². The third kappa shape index (κ3) is 1.93. The molecular weight excluding hydrogens is 240 g/mol. The summed E-state index contributed by atoms with van der Waals surface area (Å²) in [7, 11) is 2.01. The molecular formula is C11H15BrN2. The van der Waals surface area contributed by atoms with Crippen molar-refractivity contribution in [1.29, 1.82) is 0 Å². The molecule has 3 heteroatoms. The van der Waals surface area contributed by atoms with Gasteiger partial charge in [0.1, 0.15) is 0 Å². The van der Waals surface area contributed by atoms with Crippen LogP contribution in [0.2, 0.25) is 0 Å². The van der Waals surface area contributed by atoms with E-state index in [1.54, 1.807) is 0 Å². The minimum Gasteiger partial charge on any atom is -0.385 e. The highest BCUT2D eigenvalue weighted by atomic mass is 79.9. The van der Waals surface area contributed by atoms with Crippen LogP contribution in [0.1, 0.15) is 17.9 Å². The minimum absolute atomic E-state index is 0.647. The summed E-state index contributed by atoms with van der Waals surface area (Å²) in [5.74, 6) is 0.647. The molecule has 1 atom stereocenters. The Morgan fingerprint density at radius 3 is 3.21 bits per heavy atom. The Hall–Kier alpha value is -0.540. The predicted octanol–water partition coefficient (Wildman–Crippen LogP) is 2.57. The molecule has 0 aromatic heterocycles. The van der Waals surface area contributed by atoms with E-state index in [2.05, 4.69) is 44.8 Å². The normalized spacial score (nSPS) is 20.0. The Morgan fingerprint density at radius 2 is 2.43 bits per heavy atom. The smallest absolute Gasteiger partial charge is 0.0376 e. The molecule has 0 amide bonds. The number of benzene rings is 1. The minimum atomic E-state index is 0.647. The molecule has 1 unspecified atom stereocenters. The number of rotatable bonds is 2. The molecule has 0 aliphatic carbocycles. The fraction of sp³-hybridized carbons (Fsp3) is 0.455. The van der Waals surface area contributed by atoms with Crippen molar-refractivity contribution in [2.24, 2.45) is 0 Å². The summed E-state index contributed by atoms with van der Waals surface area (Å²) in [5.41, 5.74) is 2.72. The molecule has 76 valence electrons. The highest BCUT2D eigenvalue weighted by Crippen LogP contribution is 2.33. The second-order valence-electron chi connectivity index (χ2n) is 3.70. The summed E-state index contributed by atoms with van der Waals surface area (Å²) < 4.78 is 1.17. The van der Waals surface area contributed by atoms with Gasteiger partial charge in [0.15, 0.2) is 0 Å². The first kappa shape index (κ1) is 9.99. The van der Waals surface area contributed by atoms with Gasteiger partial charge in [-0.05, 0) is 37.2 Å². The Kier molecular flexibility index (Phi) is 3.08. The fourth-order valence-electron chi connectivity index (χ4n) is 2.03. The molecule has 0 bridgehead atoms. The topological polar surface area (TPSA) is 24.1 Å². The quantitative estimate of drug-likeness (QED) is 0.848. The maximum Gasteiger partial charge on any atom is 0.0376 e. The second kappa shape index (κ2) is 4.32. The maximum absolute atomic E-state index is 3.52. The number of fused-ring (bicyclic) bond motifs is 1. The molecule has 0 spiro atoms. The SMILES string of the molecule is CNCC1CCNc2ccc(Br)cc21. The average Bonchev–Trinajstić information content (AvgIpc) is 2.19. The van der Waals surface area contributed by atoms with Crippen LogP contribution in [-0.4, -0.2) is 20.1 Å². The van der Waals surface area contributed by atoms with E-state index in [0.717, 1.165) is 13.1 Å². The van der Waals surface area contributed by atoms with Crippen molar-refractivity contribution in [1.82, 2.24) is 5.32 Å². The van der Waals surface area contributed by atoms with E-state index in [1.165, 1.54) is 22.1 Å². The Labute approximate surface area is 93.2 Å². The largest absolute Gasteiger partial charge is 0.385 e. The van der Waals surface area contributed by atoms with Crippen LogP contribution in [0.25, 0.3) is 0 Å². The van der Waals surface area contributed by atoms with Gasteiger partial charge < -0.3 is 10.6 Å². The molecule has 0 saturated carbocycles. The van der Waals surface area contributed by atoms with Gasteiger partial charge in [-0.1, -0.05) is 15.9 Å². The van der Waals surface area contributed by atoms with Crippen molar-refractivity contribution >= 4 is 21.6 Å². The van der Waals surface area contributed by atoms with Gasteiger partial charge >= 0.3 is 0 Å². The highest BCUT2D eigenvalue weighted by Gasteiger charge is 2.18. The monoisotopic (exact) mass is 254 g/mol. The number of likely N-dealkylation sites (N-methyl/N-ethyl adjacent to an activating group) is 1. The highest BCUT2D eigenvalue weighted by molar-refractivity contribution is 9.10. The zero-order valence-corrected chi connectivity index (χ0v) is 9.89. The van der Waals surface area contributed by atoms with Crippen molar-refractivity contribution in [2.75, 3.05) is 25.5 Å². The van der Waals surface area contributed by atoms with Crippen LogP contribution in [0.3, 0.4) is 0 Å². The summed E-state index contributed by atoms with van der Waals surface area (Å²) in [5, 5.41) is 6.68. The van der Waals surface area contributed by atoms with Gasteiger partial charge in [-0.25, -0.2) is 0 Å². The summed E-state index contributed by atoms with van der Waals surface area (Å²) in [6.45, 7) is 2.14. The molecule has 1 aliphatic heterocycles. The summed E-state index contributed by atoms with van der Waals surface area (Å²) in [6.07, 6.45) is 1.21. The molecule has 1 aromatic rings. The fourth-order valence-corrected chi connectivity index (χ4v) is 2.41. The van der Waals surface area contributed by atoms with E-state index in [9.17, 15) is 0 Å². The lowest BCUT2D eigenvalue weighted by Crippen LogP contribution is -2.24. The van der Waals surface area contributed by atoms with E-state index >= 15 is 0 Å². The first-order chi connectivity index (χ1) is 6.81. The third-order valence-electron chi connectivity index (χ3n) is 2.71. The molecule has 0 radical (unpaired) electrons. The predicted molar refractivity (Wildman–Crippen MR) is 63.9 cm³/mol. The molecule has 14 heavy (non-hydrogen) atoms. The standard InChI is InChI=1S/C11H15BrN2/c1-13-7-8-4-5-14-11-3-2-9(12)6-10(8)11/h2-3,6,8,13-14H,4-5,7H2,1H3. The molecule has 0 saturated heterocycles. The van der Waals surface area contributed by atoms with Crippen LogP contribution in [0.15, 0.2) is 22.7 Å². The van der Waals surface area contributed by atoms with Gasteiger partial charge in [-0.15, -0.1) is 0 Å². The van der Waals surface area contributed by atoms with Gasteiger partial charge in [0.2, 0.25) is 0 Å². The molecule has 2 nitrogen and oxygen atoms in total. The summed E-state index contributed by atoms with van der Waals surface area (Å²) >= 11 is 3.52. The Bertz CT molecular complexity index is 325. The molecule has 0 fully saturated rings. The van der Waals surface area contributed by atoms with Crippen molar-refractivity contribution < 1.29 is 0 Å². The van der Waals surface area contributed by atoms with Crippen LogP contribution < -0.4 is 10.6 Å². The maximum atomic E-state index is 3.52. The first-order valence-corrected chi connectivity index (χ1v) is 5.78. The second-order valence-corrected chi connectivity index (χ2v) is 4.62. The van der Waals surface area contributed by atoms with Gasteiger partial charge in [0.25, 0.3) is 0 Å². The number of halogens is 1. The summed E-state index contributed by atoms with van der Waals surface area (Å²) in [6, 6.07) is 6.47. The lowest BCUT2D eigenvalue weighted by atomic mass is 9.91. The zero-order chi connectivity index (χ0) is 9.97. The van der Waals surface area contributed by atoms with E-state index in [0.29, 0.717) is 5.92 Å². The Morgan fingerprint density at radius 1 is 1.57 bits per heavy atom. The van der Waals surface area contributed by atoms with Crippen LogP contribution in [0, 0.1) is 0 Å². The van der Waals surface area contributed by atoms with Crippen LogP contribution in [0.5, 0.6) is 0 Å². The number of nitrogens with one attached hydrogen (secondary N) is 2. The van der Waals surface area contributed by atoms with Gasteiger partial charge in [0, 0.05) is 29.2 Å². The number of anilines is 1. The molecule has 2 rings (SSSR count). The van der Waals surface area contributed by atoms with Gasteiger partial charge in [0.05, 0.1) is 0 Å².